The van der Waals surface area contributed by atoms with E-state index >= 15 is 0 Å². The lowest BCUT2D eigenvalue weighted by Crippen LogP contribution is -2.15. The Morgan fingerprint density at radius 3 is 3.05 bits per heavy atom. The third-order valence-electron chi connectivity index (χ3n) is 3.46. The van der Waals surface area contributed by atoms with Crippen molar-refractivity contribution in [2.24, 2.45) is 5.92 Å². The number of hydrogen-bond donors (Lipinski definition) is 1. The molecule has 1 aromatic heterocycles. The van der Waals surface area contributed by atoms with Gasteiger partial charge in [0.05, 0.1) is 13.3 Å². The SMILES string of the molecule is COc1cccc([C@@H]2C[C@H]2C(=O)Nc2cnccn2)c1. The largest absolute Gasteiger partial charge is 0.497 e. The first-order valence-corrected chi connectivity index (χ1v) is 6.49. The van der Waals surface area contributed by atoms with Crippen molar-refractivity contribution >= 4 is 11.7 Å². The zero-order valence-corrected chi connectivity index (χ0v) is 11.1. The summed E-state index contributed by atoms with van der Waals surface area (Å²) in [5.74, 6) is 1.58. The second kappa shape index (κ2) is 5.28. The Bertz CT molecular complexity index is 616. The quantitative estimate of drug-likeness (QED) is 0.924. The number of methoxy groups -OCH3 is 1. The van der Waals surface area contributed by atoms with Gasteiger partial charge in [-0.25, -0.2) is 4.98 Å². The Hall–Kier alpha value is -2.43. The third kappa shape index (κ3) is 2.61. The van der Waals surface area contributed by atoms with Crippen LogP contribution in [0.3, 0.4) is 0 Å². The molecule has 1 N–H and O–H groups in total. The Morgan fingerprint density at radius 1 is 1.40 bits per heavy atom. The third-order valence-corrected chi connectivity index (χ3v) is 3.46. The summed E-state index contributed by atoms with van der Waals surface area (Å²) in [6, 6.07) is 7.87. The van der Waals surface area contributed by atoms with Gasteiger partial charge in [-0.1, -0.05) is 12.1 Å². The first kappa shape index (κ1) is 12.6. The Morgan fingerprint density at radius 2 is 2.30 bits per heavy atom. The number of benzene rings is 1. The molecule has 0 bridgehead atoms. The predicted octanol–water partition coefficient (Wildman–Crippen LogP) is 2.23. The van der Waals surface area contributed by atoms with Crippen LogP contribution < -0.4 is 10.1 Å². The molecule has 5 heteroatoms. The Balaban J connectivity index is 1.65. The Labute approximate surface area is 117 Å². The predicted molar refractivity (Wildman–Crippen MR) is 74.5 cm³/mol. The highest BCUT2D eigenvalue weighted by Crippen LogP contribution is 2.48. The molecular formula is C15H15N3O2. The maximum absolute atomic E-state index is 12.1. The van der Waals surface area contributed by atoms with Gasteiger partial charge in [0.2, 0.25) is 5.91 Å². The van der Waals surface area contributed by atoms with E-state index in [1.165, 1.54) is 0 Å². The second-order valence-electron chi connectivity index (χ2n) is 4.81. The topological polar surface area (TPSA) is 64.1 Å². The van der Waals surface area contributed by atoms with Crippen LogP contribution in [-0.2, 0) is 4.79 Å². The van der Waals surface area contributed by atoms with Gasteiger partial charge in [-0.15, -0.1) is 0 Å². The molecule has 1 aromatic carbocycles. The molecule has 1 amide bonds. The molecule has 102 valence electrons. The van der Waals surface area contributed by atoms with E-state index in [0.29, 0.717) is 5.82 Å². The van der Waals surface area contributed by atoms with E-state index < -0.39 is 0 Å². The molecule has 2 aromatic rings. The van der Waals surface area contributed by atoms with E-state index in [9.17, 15) is 4.79 Å². The summed E-state index contributed by atoms with van der Waals surface area (Å²) in [7, 11) is 1.64. The van der Waals surface area contributed by atoms with Crippen molar-refractivity contribution in [2.75, 3.05) is 12.4 Å². The normalized spacial score (nSPS) is 20.2. The van der Waals surface area contributed by atoms with Crippen molar-refractivity contribution in [3.05, 3.63) is 48.4 Å². The summed E-state index contributed by atoms with van der Waals surface area (Å²) in [5.41, 5.74) is 1.14. The molecule has 3 rings (SSSR count). The molecule has 5 nitrogen and oxygen atoms in total. The van der Waals surface area contributed by atoms with Crippen LogP contribution in [0.2, 0.25) is 0 Å². The van der Waals surface area contributed by atoms with Gasteiger partial charge in [0, 0.05) is 18.3 Å². The van der Waals surface area contributed by atoms with Crippen molar-refractivity contribution in [2.45, 2.75) is 12.3 Å². The fraction of sp³-hybridized carbons (Fsp3) is 0.267. The fourth-order valence-corrected chi connectivity index (χ4v) is 2.31. The number of ether oxygens (including phenoxy) is 1. The maximum Gasteiger partial charge on any atom is 0.229 e. The smallest absolute Gasteiger partial charge is 0.229 e. The number of anilines is 1. The minimum atomic E-state index is -0.00156. The average molecular weight is 269 g/mol. The lowest BCUT2D eigenvalue weighted by Gasteiger charge is -2.05. The monoisotopic (exact) mass is 269 g/mol. The molecule has 0 aliphatic heterocycles. The summed E-state index contributed by atoms with van der Waals surface area (Å²) in [4.78, 5) is 20.1. The van der Waals surface area contributed by atoms with Crippen LogP contribution in [0.1, 0.15) is 17.9 Å². The van der Waals surface area contributed by atoms with E-state index in [1.807, 2.05) is 24.3 Å². The molecule has 0 radical (unpaired) electrons. The minimum Gasteiger partial charge on any atom is -0.497 e. The zero-order chi connectivity index (χ0) is 13.9. The standard InChI is InChI=1S/C15H15N3O2/c1-20-11-4-2-3-10(7-11)12-8-13(12)15(19)18-14-9-16-5-6-17-14/h2-7,9,12-13H,8H2,1H3,(H,17,18,19)/t12-,13+/m0/s1. The first-order valence-electron chi connectivity index (χ1n) is 6.49. The van der Waals surface area contributed by atoms with Crippen molar-refractivity contribution < 1.29 is 9.53 Å². The van der Waals surface area contributed by atoms with Crippen LogP contribution in [0, 0.1) is 5.92 Å². The van der Waals surface area contributed by atoms with E-state index in [0.717, 1.165) is 17.7 Å². The summed E-state index contributed by atoms with van der Waals surface area (Å²) >= 11 is 0. The minimum absolute atomic E-state index is 0.00156. The lowest BCUT2D eigenvalue weighted by molar-refractivity contribution is -0.117. The highest BCUT2D eigenvalue weighted by atomic mass is 16.5. The second-order valence-corrected chi connectivity index (χ2v) is 4.81. The molecular weight excluding hydrogens is 254 g/mol. The zero-order valence-electron chi connectivity index (χ0n) is 11.1. The van der Waals surface area contributed by atoms with Crippen LogP contribution in [0.25, 0.3) is 0 Å². The molecule has 1 heterocycles. The Kier molecular flexibility index (Phi) is 3.33. The lowest BCUT2D eigenvalue weighted by atomic mass is 10.1. The van der Waals surface area contributed by atoms with Crippen molar-refractivity contribution in [3.63, 3.8) is 0 Å². The molecule has 0 saturated heterocycles. The summed E-state index contributed by atoms with van der Waals surface area (Å²) < 4.78 is 5.21. The van der Waals surface area contributed by atoms with Gasteiger partial charge in [0.1, 0.15) is 5.75 Å². The van der Waals surface area contributed by atoms with E-state index in [4.69, 9.17) is 4.74 Å². The molecule has 2 atom stereocenters. The van der Waals surface area contributed by atoms with Gasteiger partial charge in [-0.05, 0) is 30.0 Å². The molecule has 0 spiro atoms. The number of nitrogens with one attached hydrogen (secondary N) is 1. The van der Waals surface area contributed by atoms with Crippen molar-refractivity contribution in [1.29, 1.82) is 0 Å². The summed E-state index contributed by atoms with van der Waals surface area (Å²) in [6.07, 6.45) is 5.54. The van der Waals surface area contributed by atoms with Crippen LogP contribution in [0.4, 0.5) is 5.82 Å². The molecule has 1 aliphatic rings. The van der Waals surface area contributed by atoms with Crippen LogP contribution in [-0.4, -0.2) is 23.0 Å². The van der Waals surface area contributed by atoms with Crippen molar-refractivity contribution in [3.8, 4) is 5.75 Å². The number of amides is 1. The number of carbonyl (C=O) groups is 1. The summed E-state index contributed by atoms with van der Waals surface area (Å²) in [6.45, 7) is 0. The van der Waals surface area contributed by atoms with Crippen LogP contribution in [0.15, 0.2) is 42.9 Å². The molecule has 1 fully saturated rings. The molecule has 1 saturated carbocycles. The number of rotatable bonds is 4. The maximum atomic E-state index is 12.1. The van der Waals surface area contributed by atoms with Gasteiger partial charge in [0.15, 0.2) is 5.82 Å². The van der Waals surface area contributed by atoms with Gasteiger partial charge in [-0.3, -0.25) is 9.78 Å². The molecule has 0 unspecified atom stereocenters. The number of nitrogens with zero attached hydrogens (tertiary/aromatic N) is 2. The van der Waals surface area contributed by atoms with Crippen LogP contribution >= 0.6 is 0 Å². The number of aromatic nitrogens is 2. The van der Waals surface area contributed by atoms with E-state index in [1.54, 1.807) is 25.7 Å². The summed E-state index contributed by atoms with van der Waals surface area (Å²) in [5, 5.41) is 2.79. The average Bonchev–Trinajstić information content (AvgIpc) is 3.29. The van der Waals surface area contributed by atoms with Gasteiger partial charge in [0.25, 0.3) is 0 Å². The number of hydrogen-bond acceptors (Lipinski definition) is 4. The first-order chi connectivity index (χ1) is 9.78. The highest BCUT2D eigenvalue weighted by Gasteiger charge is 2.44. The van der Waals surface area contributed by atoms with Crippen LogP contribution in [0.5, 0.6) is 5.75 Å². The van der Waals surface area contributed by atoms with Crippen molar-refractivity contribution in [1.82, 2.24) is 9.97 Å². The fourth-order valence-electron chi connectivity index (χ4n) is 2.31. The van der Waals surface area contributed by atoms with Gasteiger partial charge >= 0.3 is 0 Å². The van der Waals surface area contributed by atoms with E-state index in [2.05, 4.69) is 15.3 Å². The van der Waals surface area contributed by atoms with E-state index in [-0.39, 0.29) is 17.7 Å². The number of carbonyl (C=O) groups excluding carboxylic acids is 1. The molecule has 20 heavy (non-hydrogen) atoms. The molecule has 1 aliphatic carbocycles. The van der Waals surface area contributed by atoms with Gasteiger partial charge < -0.3 is 10.1 Å². The highest BCUT2D eigenvalue weighted by molar-refractivity contribution is 5.94. The van der Waals surface area contributed by atoms with Gasteiger partial charge in [-0.2, -0.15) is 0 Å².